The zero-order valence-corrected chi connectivity index (χ0v) is 12.2. The van der Waals surface area contributed by atoms with Crippen LogP contribution in [0.15, 0.2) is 24.3 Å². The van der Waals surface area contributed by atoms with Gasteiger partial charge in [0.2, 0.25) is 0 Å². The van der Waals surface area contributed by atoms with Crippen molar-refractivity contribution in [3.05, 3.63) is 34.9 Å². The highest BCUT2D eigenvalue weighted by atomic mass is 35.5. The first kappa shape index (κ1) is 14.7. The Bertz CT molecular complexity index is 406. The molecule has 0 aromatic heterocycles. The minimum Gasteiger partial charge on any atom is -0.312 e. The van der Waals surface area contributed by atoms with E-state index in [2.05, 4.69) is 0 Å². The lowest BCUT2D eigenvalue weighted by Gasteiger charge is -2.28. The van der Waals surface area contributed by atoms with Crippen LogP contribution in [0.4, 0.5) is 0 Å². The summed E-state index contributed by atoms with van der Waals surface area (Å²) in [7, 11) is -0.203. The van der Waals surface area contributed by atoms with E-state index in [4.69, 9.17) is 20.6 Å². The summed E-state index contributed by atoms with van der Waals surface area (Å²) in [5.74, 6) is 0. The lowest BCUT2D eigenvalue weighted by atomic mass is 9.87. The van der Waals surface area contributed by atoms with Crippen molar-refractivity contribution in [3.8, 4) is 0 Å². The molecule has 0 bridgehead atoms. The average molecular weight is 277 g/mol. The third-order valence-electron chi connectivity index (χ3n) is 2.77. The molecule has 0 heterocycles. The summed E-state index contributed by atoms with van der Waals surface area (Å²) in [6.45, 7) is 4.00. The second-order valence-corrected chi connectivity index (χ2v) is 7.23. The van der Waals surface area contributed by atoms with Gasteiger partial charge in [0.05, 0.1) is 6.16 Å². The first-order valence-corrected chi connectivity index (χ1v) is 7.40. The third-order valence-corrected chi connectivity index (χ3v) is 5.31. The first-order valence-electron chi connectivity index (χ1n) is 5.29. The predicted molar refractivity (Wildman–Crippen MR) is 71.0 cm³/mol. The van der Waals surface area contributed by atoms with Crippen molar-refractivity contribution >= 4 is 19.2 Å². The molecule has 0 saturated heterocycles. The molecule has 1 rings (SSSR count). The molecule has 0 unspecified atom stereocenters. The van der Waals surface area contributed by atoms with Crippen molar-refractivity contribution in [1.29, 1.82) is 0 Å². The Hall–Kier alpha value is -0.340. The number of hydrogen-bond acceptors (Lipinski definition) is 3. The van der Waals surface area contributed by atoms with Gasteiger partial charge in [-0.2, -0.15) is 0 Å². The topological polar surface area (TPSA) is 35.5 Å². The molecule has 0 radical (unpaired) electrons. The predicted octanol–water partition coefficient (Wildman–Crippen LogP) is 4.10. The second-order valence-electron chi connectivity index (χ2n) is 4.52. The van der Waals surface area contributed by atoms with Crippen LogP contribution in [-0.2, 0) is 19.0 Å². The number of benzene rings is 1. The van der Waals surface area contributed by atoms with Crippen LogP contribution < -0.4 is 0 Å². The summed E-state index contributed by atoms with van der Waals surface area (Å²) in [6.07, 6.45) is 0.328. The summed E-state index contributed by atoms with van der Waals surface area (Å²) in [5, 5.41) is 0.686. The standard InChI is InChI=1S/C12H18ClO3P/c1-12(2,9-17(14,15-3)16-4)10-5-7-11(13)8-6-10/h5-8H,9H2,1-4H3. The largest absolute Gasteiger partial charge is 0.331 e. The summed E-state index contributed by atoms with van der Waals surface area (Å²) in [6, 6.07) is 7.50. The fraction of sp³-hybridized carbons (Fsp3) is 0.500. The molecule has 0 aliphatic heterocycles. The van der Waals surface area contributed by atoms with Crippen LogP contribution in [0.5, 0.6) is 0 Å². The van der Waals surface area contributed by atoms with Gasteiger partial charge in [0, 0.05) is 24.7 Å². The van der Waals surface area contributed by atoms with E-state index in [0.717, 1.165) is 5.56 Å². The van der Waals surface area contributed by atoms with Gasteiger partial charge in [-0.15, -0.1) is 0 Å². The maximum Gasteiger partial charge on any atom is 0.331 e. The lowest BCUT2D eigenvalue weighted by Crippen LogP contribution is -2.23. The Balaban J connectivity index is 2.95. The lowest BCUT2D eigenvalue weighted by molar-refractivity contribution is 0.268. The van der Waals surface area contributed by atoms with Crippen LogP contribution in [0.2, 0.25) is 5.02 Å². The SMILES string of the molecule is COP(=O)(CC(C)(C)c1ccc(Cl)cc1)OC. The van der Waals surface area contributed by atoms with E-state index < -0.39 is 7.60 Å². The van der Waals surface area contributed by atoms with Gasteiger partial charge in [-0.05, 0) is 17.7 Å². The Labute approximate surface area is 108 Å². The zero-order valence-electron chi connectivity index (χ0n) is 10.6. The highest BCUT2D eigenvalue weighted by Crippen LogP contribution is 2.51. The average Bonchev–Trinajstić information content (AvgIpc) is 2.29. The molecule has 0 aliphatic carbocycles. The van der Waals surface area contributed by atoms with Gasteiger partial charge in [0.15, 0.2) is 0 Å². The minimum absolute atomic E-state index is 0.299. The van der Waals surface area contributed by atoms with Crippen molar-refractivity contribution < 1.29 is 13.6 Å². The van der Waals surface area contributed by atoms with Gasteiger partial charge < -0.3 is 9.05 Å². The van der Waals surface area contributed by atoms with Crippen LogP contribution >= 0.6 is 19.2 Å². The van der Waals surface area contributed by atoms with Gasteiger partial charge in [0.25, 0.3) is 0 Å². The second kappa shape index (κ2) is 5.53. The molecule has 17 heavy (non-hydrogen) atoms. The highest BCUT2D eigenvalue weighted by Gasteiger charge is 2.33. The van der Waals surface area contributed by atoms with E-state index in [1.54, 1.807) is 0 Å². The van der Waals surface area contributed by atoms with Crippen LogP contribution in [0.3, 0.4) is 0 Å². The smallest absolute Gasteiger partial charge is 0.312 e. The molecule has 0 spiro atoms. The first-order chi connectivity index (χ1) is 7.83. The van der Waals surface area contributed by atoms with Crippen LogP contribution in [-0.4, -0.2) is 20.4 Å². The number of halogens is 1. The molecule has 1 aromatic carbocycles. The fourth-order valence-corrected chi connectivity index (χ4v) is 3.36. The van der Waals surface area contributed by atoms with Crippen LogP contribution in [0.1, 0.15) is 19.4 Å². The van der Waals surface area contributed by atoms with Crippen molar-refractivity contribution in [2.24, 2.45) is 0 Å². The summed E-state index contributed by atoms with van der Waals surface area (Å²) in [4.78, 5) is 0. The molecule has 0 amide bonds. The highest BCUT2D eigenvalue weighted by molar-refractivity contribution is 7.53. The van der Waals surface area contributed by atoms with E-state index in [0.29, 0.717) is 11.2 Å². The Morgan fingerprint density at radius 3 is 2.06 bits per heavy atom. The molecule has 0 aliphatic rings. The monoisotopic (exact) mass is 276 g/mol. The van der Waals surface area contributed by atoms with E-state index in [1.807, 2.05) is 38.1 Å². The normalized spacial score (nSPS) is 12.8. The summed E-state index contributed by atoms with van der Waals surface area (Å²) < 4.78 is 22.1. The summed E-state index contributed by atoms with van der Waals surface area (Å²) in [5.41, 5.74) is 0.753. The van der Waals surface area contributed by atoms with Crippen molar-refractivity contribution in [1.82, 2.24) is 0 Å². The van der Waals surface area contributed by atoms with Crippen LogP contribution in [0.25, 0.3) is 0 Å². The number of hydrogen-bond donors (Lipinski definition) is 0. The van der Waals surface area contributed by atoms with Gasteiger partial charge >= 0.3 is 7.60 Å². The molecule has 0 fully saturated rings. The van der Waals surface area contributed by atoms with Crippen LogP contribution in [0, 0.1) is 0 Å². The molecule has 96 valence electrons. The third kappa shape index (κ3) is 3.82. The van der Waals surface area contributed by atoms with E-state index in [-0.39, 0.29) is 5.41 Å². The summed E-state index contributed by atoms with van der Waals surface area (Å²) >= 11 is 5.85. The molecular weight excluding hydrogens is 259 g/mol. The molecule has 3 nitrogen and oxygen atoms in total. The van der Waals surface area contributed by atoms with E-state index in [1.165, 1.54) is 14.2 Å². The Morgan fingerprint density at radius 1 is 1.18 bits per heavy atom. The van der Waals surface area contributed by atoms with Gasteiger partial charge in [-0.3, -0.25) is 4.57 Å². The quantitative estimate of drug-likeness (QED) is 0.760. The van der Waals surface area contributed by atoms with Gasteiger partial charge in [0.1, 0.15) is 0 Å². The van der Waals surface area contributed by atoms with E-state index in [9.17, 15) is 4.57 Å². The molecule has 5 heteroatoms. The Morgan fingerprint density at radius 2 is 1.65 bits per heavy atom. The molecular formula is C12H18ClO3P. The molecule has 0 saturated carbocycles. The van der Waals surface area contributed by atoms with Gasteiger partial charge in [-0.25, -0.2) is 0 Å². The zero-order chi connectivity index (χ0) is 13.1. The molecule has 0 N–H and O–H groups in total. The number of rotatable bonds is 5. The van der Waals surface area contributed by atoms with Gasteiger partial charge in [-0.1, -0.05) is 37.6 Å². The van der Waals surface area contributed by atoms with Crippen molar-refractivity contribution in [2.45, 2.75) is 19.3 Å². The van der Waals surface area contributed by atoms with Crippen molar-refractivity contribution in [2.75, 3.05) is 20.4 Å². The maximum atomic E-state index is 12.1. The Kier molecular flexibility index (Phi) is 4.79. The minimum atomic E-state index is -3.01. The fourth-order valence-electron chi connectivity index (χ4n) is 1.68. The molecule has 1 aromatic rings. The van der Waals surface area contributed by atoms with Crippen molar-refractivity contribution in [3.63, 3.8) is 0 Å². The molecule has 0 atom stereocenters. The maximum absolute atomic E-state index is 12.1. The van der Waals surface area contributed by atoms with E-state index >= 15 is 0 Å².